The number of hydrogen-bond acceptors (Lipinski definition) is 5. The third-order valence-electron chi connectivity index (χ3n) is 2.71. The van der Waals surface area contributed by atoms with Crippen LogP contribution in [0.4, 0.5) is 4.79 Å². The predicted octanol–water partition coefficient (Wildman–Crippen LogP) is 1.39. The fourth-order valence-electron chi connectivity index (χ4n) is 1.73. The summed E-state index contributed by atoms with van der Waals surface area (Å²) in [5.41, 5.74) is -1.48. The summed E-state index contributed by atoms with van der Waals surface area (Å²) in [4.78, 5) is 23.1. The van der Waals surface area contributed by atoms with Crippen LogP contribution in [0.15, 0.2) is 24.3 Å². The lowest BCUT2D eigenvalue weighted by Crippen LogP contribution is -2.55. The van der Waals surface area contributed by atoms with E-state index in [0.29, 0.717) is 11.8 Å². The van der Waals surface area contributed by atoms with Crippen molar-refractivity contribution >= 4 is 12.4 Å². The summed E-state index contributed by atoms with van der Waals surface area (Å²) in [7, 11) is 0. The number of nitrogens with one attached hydrogen (secondary N) is 1. The van der Waals surface area contributed by atoms with E-state index < -0.39 is 23.8 Å². The molecular weight excluding hydrogens is 274 g/mol. The van der Waals surface area contributed by atoms with Gasteiger partial charge in [0.25, 0.3) is 0 Å². The molecule has 0 aromatic heterocycles. The maximum absolute atomic E-state index is 11.8. The number of aliphatic hydroxyl groups excluding tert-OH is 1. The molecule has 0 fully saturated rings. The third kappa shape index (κ3) is 5.43. The number of ether oxygens (including phenoxy) is 1. The third-order valence-corrected chi connectivity index (χ3v) is 2.71. The summed E-state index contributed by atoms with van der Waals surface area (Å²) < 4.78 is 5.09. The molecule has 1 amide bonds. The van der Waals surface area contributed by atoms with Crippen LogP contribution in [0.5, 0.6) is 5.75 Å². The first-order valence-electron chi connectivity index (χ1n) is 6.56. The Hall–Kier alpha value is -2.08. The van der Waals surface area contributed by atoms with Gasteiger partial charge in [0.15, 0.2) is 0 Å². The minimum absolute atomic E-state index is 0.0898. The van der Waals surface area contributed by atoms with Gasteiger partial charge in [0.1, 0.15) is 23.2 Å². The molecule has 0 saturated carbocycles. The van der Waals surface area contributed by atoms with Crippen LogP contribution >= 0.6 is 0 Å². The number of alkyl carbamates (subject to hydrolysis) is 1. The number of carbonyl (C=O) groups is 2. The van der Waals surface area contributed by atoms with Gasteiger partial charge in [-0.15, -0.1) is 0 Å². The van der Waals surface area contributed by atoms with E-state index in [2.05, 4.69) is 5.32 Å². The Bertz CT molecular complexity index is 492. The molecule has 6 heteroatoms. The van der Waals surface area contributed by atoms with Crippen LogP contribution in [0, 0.1) is 0 Å². The van der Waals surface area contributed by atoms with Crippen molar-refractivity contribution in [3.05, 3.63) is 29.8 Å². The largest absolute Gasteiger partial charge is 0.508 e. The standard InChI is InChI=1S/C15H21NO5/c1-14(2,3)21-13(20)16-15(9-17,10-18)8-11-4-6-12(19)7-5-11/h4-7,9,18-19H,8,10H2,1-3H3,(H,16,20)/t15-/m0/s1. The molecule has 1 atom stereocenters. The maximum atomic E-state index is 11.8. The summed E-state index contributed by atoms with van der Waals surface area (Å²) in [5, 5.41) is 21.1. The average molecular weight is 295 g/mol. The molecule has 0 radical (unpaired) electrons. The maximum Gasteiger partial charge on any atom is 0.408 e. The molecule has 116 valence electrons. The van der Waals surface area contributed by atoms with E-state index >= 15 is 0 Å². The van der Waals surface area contributed by atoms with E-state index in [4.69, 9.17) is 4.74 Å². The van der Waals surface area contributed by atoms with Crippen LogP contribution in [0.25, 0.3) is 0 Å². The molecule has 21 heavy (non-hydrogen) atoms. The Morgan fingerprint density at radius 3 is 2.29 bits per heavy atom. The highest BCUT2D eigenvalue weighted by Gasteiger charge is 2.33. The number of carbonyl (C=O) groups excluding carboxylic acids is 2. The highest BCUT2D eigenvalue weighted by molar-refractivity contribution is 5.77. The Labute approximate surface area is 123 Å². The molecule has 1 rings (SSSR count). The monoisotopic (exact) mass is 295 g/mol. The molecule has 0 aliphatic rings. The van der Waals surface area contributed by atoms with Gasteiger partial charge in [0.2, 0.25) is 0 Å². The van der Waals surface area contributed by atoms with Crippen LogP contribution in [0.2, 0.25) is 0 Å². The van der Waals surface area contributed by atoms with Crippen LogP contribution in [-0.4, -0.2) is 40.3 Å². The molecule has 0 bridgehead atoms. The zero-order valence-electron chi connectivity index (χ0n) is 12.4. The molecule has 1 aromatic carbocycles. The van der Waals surface area contributed by atoms with Crippen molar-refractivity contribution in [3.63, 3.8) is 0 Å². The molecule has 1 aromatic rings. The first kappa shape index (κ1) is 17.0. The van der Waals surface area contributed by atoms with Crippen molar-refractivity contribution in [1.29, 1.82) is 0 Å². The smallest absolute Gasteiger partial charge is 0.408 e. The average Bonchev–Trinajstić information content (AvgIpc) is 2.38. The van der Waals surface area contributed by atoms with Crippen LogP contribution in [0.1, 0.15) is 26.3 Å². The number of aromatic hydroxyl groups is 1. The number of benzene rings is 1. The SMILES string of the molecule is CC(C)(C)OC(=O)N[C@@](C=O)(CO)Cc1ccc(O)cc1. The Kier molecular flexibility index (Phi) is 5.32. The van der Waals surface area contributed by atoms with E-state index in [1.54, 1.807) is 32.9 Å². The van der Waals surface area contributed by atoms with Gasteiger partial charge < -0.3 is 25.1 Å². The normalized spacial score (nSPS) is 14.1. The zero-order chi connectivity index (χ0) is 16.1. The van der Waals surface area contributed by atoms with Crippen LogP contribution in [0.3, 0.4) is 0 Å². The summed E-state index contributed by atoms with van der Waals surface area (Å²) in [6.45, 7) is 4.55. The molecule has 0 saturated heterocycles. The number of rotatable bonds is 5. The second kappa shape index (κ2) is 6.58. The van der Waals surface area contributed by atoms with Gasteiger partial charge in [-0.2, -0.15) is 0 Å². The van der Waals surface area contributed by atoms with Crippen molar-refractivity contribution in [2.75, 3.05) is 6.61 Å². The summed E-state index contributed by atoms with van der Waals surface area (Å²) in [6.07, 6.45) is -0.196. The summed E-state index contributed by atoms with van der Waals surface area (Å²) in [6, 6.07) is 6.16. The van der Waals surface area contributed by atoms with E-state index in [0.717, 1.165) is 0 Å². The second-order valence-corrected chi connectivity index (χ2v) is 5.90. The lowest BCUT2D eigenvalue weighted by molar-refractivity contribution is -0.115. The Balaban J connectivity index is 2.85. The molecule has 0 spiro atoms. The van der Waals surface area contributed by atoms with Gasteiger partial charge in [-0.1, -0.05) is 12.1 Å². The van der Waals surface area contributed by atoms with Crippen molar-refractivity contribution in [3.8, 4) is 5.75 Å². The van der Waals surface area contributed by atoms with E-state index in [1.807, 2.05) is 0 Å². The summed E-state index contributed by atoms with van der Waals surface area (Å²) in [5.74, 6) is 0.0968. The van der Waals surface area contributed by atoms with Gasteiger partial charge in [0, 0.05) is 6.42 Å². The van der Waals surface area contributed by atoms with Crippen molar-refractivity contribution in [2.24, 2.45) is 0 Å². The topological polar surface area (TPSA) is 95.9 Å². The van der Waals surface area contributed by atoms with Gasteiger partial charge >= 0.3 is 6.09 Å². The molecule has 0 heterocycles. The number of hydrogen-bond donors (Lipinski definition) is 3. The highest BCUT2D eigenvalue weighted by Crippen LogP contribution is 2.16. The van der Waals surface area contributed by atoms with Crippen molar-refractivity contribution < 1.29 is 24.5 Å². The fraction of sp³-hybridized carbons (Fsp3) is 0.467. The number of phenolic OH excluding ortho intramolecular Hbond substituents is 1. The van der Waals surface area contributed by atoms with Crippen molar-refractivity contribution in [1.82, 2.24) is 5.32 Å². The first-order chi connectivity index (χ1) is 9.69. The zero-order valence-corrected chi connectivity index (χ0v) is 12.4. The Morgan fingerprint density at radius 2 is 1.86 bits per heavy atom. The number of aliphatic hydroxyl groups is 1. The lowest BCUT2D eigenvalue weighted by atomic mass is 9.93. The van der Waals surface area contributed by atoms with Gasteiger partial charge in [-0.25, -0.2) is 4.79 Å². The number of phenols is 1. The first-order valence-corrected chi connectivity index (χ1v) is 6.56. The Morgan fingerprint density at radius 1 is 1.29 bits per heavy atom. The van der Waals surface area contributed by atoms with Gasteiger partial charge in [0.05, 0.1) is 6.61 Å². The van der Waals surface area contributed by atoms with E-state index in [1.165, 1.54) is 12.1 Å². The van der Waals surface area contributed by atoms with Crippen molar-refractivity contribution in [2.45, 2.75) is 38.3 Å². The fourth-order valence-corrected chi connectivity index (χ4v) is 1.73. The number of aldehydes is 1. The highest BCUT2D eigenvalue weighted by atomic mass is 16.6. The number of amides is 1. The minimum Gasteiger partial charge on any atom is -0.508 e. The summed E-state index contributed by atoms with van der Waals surface area (Å²) >= 11 is 0. The molecular formula is C15H21NO5. The molecule has 0 aliphatic carbocycles. The second-order valence-electron chi connectivity index (χ2n) is 5.90. The lowest BCUT2D eigenvalue weighted by Gasteiger charge is -2.29. The molecule has 6 nitrogen and oxygen atoms in total. The molecule has 0 aliphatic heterocycles. The van der Waals surface area contributed by atoms with E-state index in [-0.39, 0.29) is 12.2 Å². The van der Waals surface area contributed by atoms with Gasteiger partial charge in [-0.3, -0.25) is 0 Å². The van der Waals surface area contributed by atoms with Gasteiger partial charge in [-0.05, 0) is 38.5 Å². The molecule has 0 unspecified atom stereocenters. The van der Waals surface area contributed by atoms with E-state index in [9.17, 15) is 19.8 Å². The van der Waals surface area contributed by atoms with Crippen LogP contribution in [-0.2, 0) is 16.0 Å². The quantitative estimate of drug-likeness (QED) is 0.713. The minimum atomic E-state index is -1.46. The predicted molar refractivity (Wildman–Crippen MR) is 77.1 cm³/mol. The molecule has 3 N–H and O–H groups in total. The van der Waals surface area contributed by atoms with Crippen LogP contribution < -0.4 is 5.32 Å².